The predicted octanol–water partition coefficient (Wildman–Crippen LogP) is 1.34. The van der Waals surface area contributed by atoms with E-state index in [1.807, 2.05) is 6.92 Å². The molecule has 1 saturated heterocycles. The van der Waals surface area contributed by atoms with Crippen molar-refractivity contribution in [2.75, 3.05) is 19.6 Å². The van der Waals surface area contributed by atoms with Crippen LogP contribution in [0.1, 0.15) is 37.9 Å². The highest BCUT2D eigenvalue weighted by Gasteiger charge is 2.20. The molecular weight excluding hydrogens is 216 g/mol. The van der Waals surface area contributed by atoms with Crippen molar-refractivity contribution in [1.82, 2.24) is 20.4 Å². The summed E-state index contributed by atoms with van der Waals surface area (Å²) >= 11 is 0. The maximum atomic E-state index is 5.02. The van der Waals surface area contributed by atoms with E-state index in [0.29, 0.717) is 11.9 Å². The Balaban J connectivity index is 1.95. The van der Waals surface area contributed by atoms with E-state index >= 15 is 0 Å². The summed E-state index contributed by atoms with van der Waals surface area (Å²) in [5.41, 5.74) is 0. The summed E-state index contributed by atoms with van der Waals surface area (Å²) in [7, 11) is 0. The molecule has 96 valence electrons. The maximum Gasteiger partial charge on any atom is 0.223 e. The van der Waals surface area contributed by atoms with E-state index in [-0.39, 0.29) is 0 Å². The quantitative estimate of drug-likeness (QED) is 0.858. The first-order chi connectivity index (χ1) is 8.29. The normalized spacial score (nSPS) is 21.7. The zero-order valence-corrected chi connectivity index (χ0v) is 10.8. The van der Waals surface area contributed by atoms with E-state index in [4.69, 9.17) is 4.52 Å². The molecule has 5 heteroatoms. The van der Waals surface area contributed by atoms with E-state index < -0.39 is 0 Å². The van der Waals surface area contributed by atoms with Crippen molar-refractivity contribution in [2.24, 2.45) is 0 Å². The molecule has 1 aliphatic heterocycles. The van der Waals surface area contributed by atoms with Crippen LogP contribution in [0.25, 0.3) is 0 Å². The Morgan fingerprint density at radius 1 is 1.41 bits per heavy atom. The molecule has 0 spiro atoms. The van der Waals surface area contributed by atoms with E-state index in [9.17, 15) is 0 Å². The van der Waals surface area contributed by atoms with Gasteiger partial charge in [0.15, 0.2) is 5.82 Å². The zero-order chi connectivity index (χ0) is 12.1. The second-order valence-corrected chi connectivity index (χ2v) is 4.63. The van der Waals surface area contributed by atoms with Gasteiger partial charge in [-0.1, -0.05) is 12.1 Å². The Bertz CT molecular complexity index is 331. The number of aryl methyl sites for hydroxylation is 1. The monoisotopic (exact) mass is 238 g/mol. The fraction of sp³-hybridized carbons (Fsp3) is 0.833. The van der Waals surface area contributed by atoms with Crippen molar-refractivity contribution in [2.45, 2.75) is 45.7 Å². The van der Waals surface area contributed by atoms with Gasteiger partial charge in [-0.05, 0) is 38.9 Å². The Morgan fingerprint density at radius 2 is 2.29 bits per heavy atom. The lowest BCUT2D eigenvalue weighted by molar-refractivity contribution is 0.176. The second-order valence-electron chi connectivity index (χ2n) is 4.63. The van der Waals surface area contributed by atoms with Gasteiger partial charge in [-0.25, -0.2) is 0 Å². The summed E-state index contributed by atoms with van der Waals surface area (Å²) in [5, 5.41) is 7.43. The van der Waals surface area contributed by atoms with Gasteiger partial charge in [0.05, 0.1) is 6.54 Å². The molecule has 0 aromatic carbocycles. The molecule has 0 radical (unpaired) electrons. The maximum absolute atomic E-state index is 5.02. The van der Waals surface area contributed by atoms with E-state index in [2.05, 4.69) is 27.3 Å². The van der Waals surface area contributed by atoms with Crippen LogP contribution in [0.2, 0.25) is 0 Å². The minimum Gasteiger partial charge on any atom is -0.340 e. The molecule has 0 bridgehead atoms. The van der Waals surface area contributed by atoms with Crippen LogP contribution in [0.4, 0.5) is 0 Å². The first-order valence-electron chi connectivity index (χ1n) is 6.53. The molecule has 0 amide bonds. The van der Waals surface area contributed by atoms with Crippen molar-refractivity contribution < 1.29 is 4.52 Å². The summed E-state index contributed by atoms with van der Waals surface area (Å²) in [4.78, 5) is 6.74. The van der Waals surface area contributed by atoms with Gasteiger partial charge >= 0.3 is 0 Å². The summed E-state index contributed by atoms with van der Waals surface area (Å²) < 4.78 is 5.02. The lowest BCUT2D eigenvalue weighted by Crippen LogP contribution is -2.35. The first kappa shape index (κ1) is 12.5. The van der Waals surface area contributed by atoms with Gasteiger partial charge in [0.1, 0.15) is 0 Å². The molecule has 1 atom stereocenters. The zero-order valence-electron chi connectivity index (χ0n) is 10.8. The Morgan fingerprint density at radius 3 is 3.00 bits per heavy atom. The third-order valence-corrected chi connectivity index (χ3v) is 3.38. The molecule has 17 heavy (non-hydrogen) atoms. The molecule has 2 rings (SSSR count). The standard InChI is InChI=1S/C12H22N4O/c1-3-16(9-12-14-10(2)17-15-12)11-5-4-7-13-8-6-11/h11,13H,3-9H2,1-2H3/t11-/m1/s1. The van der Waals surface area contributed by atoms with Crippen LogP contribution in [0.3, 0.4) is 0 Å². The topological polar surface area (TPSA) is 54.2 Å². The molecule has 0 saturated carbocycles. The minimum atomic E-state index is 0.647. The van der Waals surface area contributed by atoms with Crippen LogP contribution in [-0.4, -0.2) is 40.7 Å². The van der Waals surface area contributed by atoms with Gasteiger partial charge in [-0.3, -0.25) is 4.90 Å². The third kappa shape index (κ3) is 3.51. The summed E-state index contributed by atoms with van der Waals surface area (Å²) in [6.45, 7) is 8.15. The van der Waals surface area contributed by atoms with Gasteiger partial charge < -0.3 is 9.84 Å². The van der Waals surface area contributed by atoms with E-state index in [1.54, 1.807) is 0 Å². The largest absolute Gasteiger partial charge is 0.340 e. The molecule has 0 unspecified atom stereocenters. The predicted molar refractivity (Wildman–Crippen MR) is 65.6 cm³/mol. The highest BCUT2D eigenvalue weighted by Crippen LogP contribution is 2.15. The van der Waals surface area contributed by atoms with Gasteiger partial charge in [-0.15, -0.1) is 0 Å². The van der Waals surface area contributed by atoms with E-state index in [0.717, 1.165) is 32.0 Å². The second kappa shape index (κ2) is 6.12. The highest BCUT2D eigenvalue weighted by atomic mass is 16.5. The van der Waals surface area contributed by atoms with Crippen molar-refractivity contribution in [3.8, 4) is 0 Å². The van der Waals surface area contributed by atoms with Gasteiger partial charge in [-0.2, -0.15) is 4.98 Å². The number of hydrogen-bond acceptors (Lipinski definition) is 5. The molecule has 5 nitrogen and oxygen atoms in total. The molecule has 1 fully saturated rings. The Hall–Kier alpha value is -0.940. The Labute approximate surface area is 103 Å². The summed E-state index contributed by atoms with van der Waals surface area (Å²) in [6.07, 6.45) is 3.73. The van der Waals surface area contributed by atoms with Crippen molar-refractivity contribution >= 4 is 0 Å². The van der Waals surface area contributed by atoms with Crippen LogP contribution >= 0.6 is 0 Å². The number of nitrogens with zero attached hydrogens (tertiary/aromatic N) is 3. The summed E-state index contributed by atoms with van der Waals surface area (Å²) in [6, 6.07) is 0.647. The molecule has 0 aliphatic carbocycles. The van der Waals surface area contributed by atoms with Crippen LogP contribution in [0, 0.1) is 6.92 Å². The molecule has 1 aromatic heterocycles. The number of aromatic nitrogens is 2. The van der Waals surface area contributed by atoms with Crippen molar-refractivity contribution in [1.29, 1.82) is 0 Å². The van der Waals surface area contributed by atoms with Crippen LogP contribution in [0.15, 0.2) is 4.52 Å². The molecule has 1 N–H and O–H groups in total. The SMILES string of the molecule is CCN(Cc1noc(C)n1)[C@@H]1CCCNCC1. The lowest BCUT2D eigenvalue weighted by atomic mass is 10.1. The summed E-state index contributed by atoms with van der Waals surface area (Å²) in [5.74, 6) is 1.46. The van der Waals surface area contributed by atoms with Crippen molar-refractivity contribution in [3.63, 3.8) is 0 Å². The fourth-order valence-corrected chi connectivity index (χ4v) is 2.45. The smallest absolute Gasteiger partial charge is 0.223 e. The first-order valence-corrected chi connectivity index (χ1v) is 6.53. The van der Waals surface area contributed by atoms with Crippen molar-refractivity contribution in [3.05, 3.63) is 11.7 Å². The average molecular weight is 238 g/mol. The van der Waals surface area contributed by atoms with Crippen LogP contribution in [-0.2, 0) is 6.54 Å². The van der Waals surface area contributed by atoms with Gasteiger partial charge in [0.2, 0.25) is 5.89 Å². The third-order valence-electron chi connectivity index (χ3n) is 3.38. The fourth-order valence-electron chi connectivity index (χ4n) is 2.45. The van der Waals surface area contributed by atoms with Gasteiger partial charge in [0, 0.05) is 13.0 Å². The average Bonchev–Trinajstić information content (AvgIpc) is 2.58. The minimum absolute atomic E-state index is 0.647. The number of hydrogen-bond donors (Lipinski definition) is 1. The van der Waals surface area contributed by atoms with E-state index in [1.165, 1.54) is 19.3 Å². The molecule has 1 aromatic rings. The molecule has 1 aliphatic rings. The highest BCUT2D eigenvalue weighted by molar-refractivity contribution is 4.86. The lowest BCUT2D eigenvalue weighted by Gasteiger charge is -2.28. The Kier molecular flexibility index (Phi) is 4.50. The van der Waals surface area contributed by atoms with Crippen LogP contribution in [0.5, 0.6) is 0 Å². The van der Waals surface area contributed by atoms with Crippen LogP contribution < -0.4 is 5.32 Å². The molecular formula is C12H22N4O. The number of nitrogens with one attached hydrogen (secondary N) is 1. The number of rotatable bonds is 4. The molecule has 2 heterocycles. The van der Waals surface area contributed by atoms with Gasteiger partial charge in [0.25, 0.3) is 0 Å².